The molecule has 3 rings (SSSR count). The third-order valence-corrected chi connectivity index (χ3v) is 4.68. The SMILES string of the molecule is CC1Cc2ccccc2N(CC2(C=O)CCOCC2)C1. The summed E-state index contributed by atoms with van der Waals surface area (Å²) in [6.07, 6.45) is 4.02. The number of rotatable bonds is 3. The molecule has 1 aromatic rings. The maximum atomic E-state index is 11.7. The molecule has 0 spiro atoms. The number of hydrogen-bond donors (Lipinski definition) is 0. The van der Waals surface area contributed by atoms with Crippen molar-refractivity contribution in [3.8, 4) is 0 Å². The lowest BCUT2D eigenvalue weighted by Crippen LogP contribution is -2.46. The summed E-state index contributed by atoms with van der Waals surface area (Å²) in [5, 5.41) is 0. The van der Waals surface area contributed by atoms with Crippen molar-refractivity contribution in [3.63, 3.8) is 0 Å². The van der Waals surface area contributed by atoms with E-state index in [9.17, 15) is 4.79 Å². The Bertz CT molecular complexity index is 480. The molecule has 0 bridgehead atoms. The first kappa shape index (κ1) is 13.6. The van der Waals surface area contributed by atoms with Crippen molar-refractivity contribution in [1.29, 1.82) is 0 Å². The first-order valence-electron chi connectivity index (χ1n) is 7.59. The zero-order chi connectivity index (χ0) is 14.0. The average Bonchev–Trinajstić information content (AvgIpc) is 2.48. The Labute approximate surface area is 120 Å². The van der Waals surface area contributed by atoms with Crippen molar-refractivity contribution in [2.75, 3.05) is 31.2 Å². The molecular formula is C17H23NO2. The molecule has 3 heteroatoms. The van der Waals surface area contributed by atoms with Gasteiger partial charge in [0, 0.05) is 37.4 Å². The maximum absolute atomic E-state index is 11.7. The summed E-state index contributed by atoms with van der Waals surface area (Å²) in [6, 6.07) is 8.62. The molecule has 20 heavy (non-hydrogen) atoms. The third-order valence-electron chi connectivity index (χ3n) is 4.68. The molecule has 1 aromatic carbocycles. The lowest BCUT2D eigenvalue weighted by molar-refractivity contribution is -0.120. The number of carbonyl (C=O) groups is 1. The van der Waals surface area contributed by atoms with Crippen LogP contribution in [0.3, 0.4) is 0 Å². The van der Waals surface area contributed by atoms with Crippen LogP contribution in [0.5, 0.6) is 0 Å². The molecule has 2 aliphatic heterocycles. The highest BCUT2D eigenvalue weighted by Crippen LogP contribution is 2.35. The molecule has 0 aromatic heterocycles. The van der Waals surface area contributed by atoms with E-state index in [-0.39, 0.29) is 5.41 Å². The number of anilines is 1. The summed E-state index contributed by atoms with van der Waals surface area (Å²) in [5.74, 6) is 0.647. The Balaban J connectivity index is 1.84. The van der Waals surface area contributed by atoms with E-state index in [1.54, 1.807) is 0 Å². The summed E-state index contributed by atoms with van der Waals surface area (Å²) in [6.45, 7) is 5.60. The zero-order valence-electron chi connectivity index (χ0n) is 12.2. The van der Waals surface area contributed by atoms with Crippen LogP contribution in [0.1, 0.15) is 25.3 Å². The highest BCUT2D eigenvalue weighted by molar-refractivity contribution is 5.63. The molecule has 1 unspecified atom stereocenters. The summed E-state index contributed by atoms with van der Waals surface area (Å²) < 4.78 is 5.43. The van der Waals surface area contributed by atoms with Crippen molar-refractivity contribution in [2.24, 2.45) is 11.3 Å². The van der Waals surface area contributed by atoms with Crippen molar-refractivity contribution in [2.45, 2.75) is 26.2 Å². The Hall–Kier alpha value is -1.35. The zero-order valence-corrected chi connectivity index (χ0v) is 12.2. The molecule has 0 N–H and O–H groups in total. The van der Waals surface area contributed by atoms with Crippen LogP contribution < -0.4 is 4.90 Å². The van der Waals surface area contributed by atoms with E-state index < -0.39 is 0 Å². The quantitative estimate of drug-likeness (QED) is 0.793. The number of hydrogen-bond acceptors (Lipinski definition) is 3. The van der Waals surface area contributed by atoms with E-state index in [2.05, 4.69) is 36.1 Å². The third kappa shape index (κ3) is 2.59. The van der Waals surface area contributed by atoms with Crippen LogP contribution in [0.15, 0.2) is 24.3 Å². The van der Waals surface area contributed by atoms with Crippen LogP contribution in [0.25, 0.3) is 0 Å². The van der Waals surface area contributed by atoms with E-state index in [0.29, 0.717) is 19.1 Å². The molecule has 1 saturated heterocycles. The molecule has 0 aliphatic carbocycles. The van der Waals surface area contributed by atoms with Gasteiger partial charge in [0.15, 0.2) is 0 Å². The fourth-order valence-electron chi connectivity index (χ4n) is 3.53. The van der Waals surface area contributed by atoms with Gasteiger partial charge in [-0.25, -0.2) is 0 Å². The van der Waals surface area contributed by atoms with Crippen LogP contribution in [0, 0.1) is 11.3 Å². The van der Waals surface area contributed by atoms with E-state index in [1.807, 2.05) is 0 Å². The maximum Gasteiger partial charge on any atom is 0.128 e. The molecule has 0 saturated carbocycles. The van der Waals surface area contributed by atoms with Gasteiger partial charge in [0.25, 0.3) is 0 Å². The molecule has 2 aliphatic rings. The Morgan fingerprint density at radius 1 is 1.35 bits per heavy atom. The number of carbonyl (C=O) groups excluding carboxylic acids is 1. The Kier molecular flexibility index (Phi) is 3.79. The van der Waals surface area contributed by atoms with Gasteiger partial charge < -0.3 is 14.4 Å². The minimum Gasteiger partial charge on any atom is -0.381 e. The van der Waals surface area contributed by atoms with Gasteiger partial charge in [-0.2, -0.15) is 0 Å². The molecule has 0 amide bonds. The molecule has 2 heterocycles. The lowest BCUT2D eigenvalue weighted by Gasteiger charge is -2.42. The van der Waals surface area contributed by atoms with E-state index in [1.165, 1.54) is 17.5 Å². The monoisotopic (exact) mass is 273 g/mol. The van der Waals surface area contributed by atoms with Crippen LogP contribution in [0.4, 0.5) is 5.69 Å². The normalized spacial score (nSPS) is 25.1. The second kappa shape index (κ2) is 5.57. The number of benzene rings is 1. The predicted octanol–water partition coefficient (Wildman–Crippen LogP) is 2.68. The molecular weight excluding hydrogens is 250 g/mol. The van der Waals surface area contributed by atoms with Gasteiger partial charge in [-0.05, 0) is 36.8 Å². The smallest absolute Gasteiger partial charge is 0.128 e. The van der Waals surface area contributed by atoms with E-state index >= 15 is 0 Å². The summed E-state index contributed by atoms with van der Waals surface area (Å²) in [4.78, 5) is 14.1. The molecule has 1 atom stereocenters. The lowest BCUT2D eigenvalue weighted by atomic mass is 9.80. The van der Waals surface area contributed by atoms with Gasteiger partial charge in [0.1, 0.15) is 6.29 Å². The predicted molar refractivity (Wildman–Crippen MR) is 80.1 cm³/mol. The number of fused-ring (bicyclic) bond motifs is 1. The second-order valence-corrected chi connectivity index (χ2v) is 6.41. The average molecular weight is 273 g/mol. The number of para-hydroxylation sites is 1. The highest BCUT2D eigenvalue weighted by Gasteiger charge is 2.36. The van der Waals surface area contributed by atoms with Crippen LogP contribution in [-0.4, -0.2) is 32.6 Å². The fraction of sp³-hybridized carbons (Fsp3) is 0.588. The summed E-state index contributed by atoms with van der Waals surface area (Å²) in [7, 11) is 0. The van der Waals surface area contributed by atoms with E-state index in [0.717, 1.165) is 32.4 Å². The van der Waals surface area contributed by atoms with Crippen molar-refractivity contribution in [3.05, 3.63) is 29.8 Å². The van der Waals surface area contributed by atoms with Crippen LogP contribution in [-0.2, 0) is 16.0 Å². The van der Waals surface area contributed by atoms with Gasteiger partial charge in [-0.3, -0.25) is 0 Å². The Morgan fingerprint density at radius 2 is 2.10 bits per heavy atom. The first-order chi connectivity index (χ1) is 9.72. The van der Waals surface area contributed by atoms with Crippen molar-refractivity contribution >= 4 is 12.0 Å². The van der Waals surface area contributed by atoms with Crippen LogP contribution >= 0.6 is 0 Å². The summed E-state index contributed by atoms with van der Waals surface area (Å²) >= 11 is 0. The van der Waals surface area contributed by atoms with Gasteiger partial charge in [0.2, 0.25) is 0 Å². The Morgan fingerprint density at radius 3 is 2.85 bits per heavy atom. The number of ether oxygens (including phenoxy) is 1. The van der Waals surface area contributed by atoms with Gasteiger partial charge in [-0.1, -0.05) is 25.1 Å². The topological polar surface area (TPSA) is 29.5 Å². The molecule has 1 fully saturated rings. The van der Waals surface area contributed by atoms with Crippen LogP contribution in [0.2, 0.25) is 0 Å². The number of nitrogens with zero attached hydrogens (tertiary/aromatic N) is 1. The molecule has 3 nitrogen and oxygen atoms in total. The minimum atomic E-state index is -0.220. The highest BCUT2D eigenvalue weighted by atomic mass is 16.5. The number of aldehydes is 1. The standard InChI is InChI=1S/C17H23NO2/c1-14-10-15-4-2-3-5-16(15)18(11-14)12-17(13-19)6-8-20-9-7-17/h2-5,13-14H,6-12H2,1H3. The molecule has 108 valence electrons. The van der Waals surface area contributed by atoms with Gasteiger partial charge >= 0.3 is 0 Å². The van der Waals surface area contributed by atoms with Gasteiger partial charge in [-0.15, -0.1) is 0 Å². The van der Waals surface area contributed by atoms with Gasteiger partial charge in [0.05, 0.1) is 0 Å². The summed E-state index contributed by atoms with van der Waals surface area (Å²) in [5.41, 5.74) is 2.51. The molecule has 0 radical (unpaired) electrons. The first-order valence-corrected chi connectivity index (χ1v) is 7.59. The van der Waals surface area contributed by atoms with Crippen molar-refractivity contribution in [1.82, 2.24) is 0 Å². The second-order valence-electron chi connectivity index (χ2n) is 6.41. The minimum absolute atomic E-state index is 0.220. The van der Waals surface area contributed by atoms with E-state index in [4.69, 9.17) is 4.74 Å². The fourth-order valence-corrected chi connectivity index (χ4v) is 3.53. The largest absolute Gasteiger partial charge is 0.381 e. The van der Waals surface area contributed by atoms with Crippen molar-refractivity contribution < 1.29 is 9.53 Å².